The Hall–Kier alpha value is -5.13. The summed E-state index contributed by atoms with van der Waals surface area (Å²) >= 11 is 0. The van der Waals surface area contributed by atoms with Crippen LogP contribution < -0.4 is 25.2 Å². The number of benzene rings is 4. The predicted octanol–water partition coefficient (Wildman–Crippen LogP) is 4.06. The van der Waals surface area contributed by atoms with Gasteiger partial charge in [-0.1, -0.05) is 54.5 Å². The molecule has 1 heterocycles. The molecule has 0 aliphatic carbocycles. The van der Waals surface area contributed by atoms with E-state index in [9.17, 15) is 14.4 Å². The molecule has 0 spiro atoms. The zero-order valence-corrected chi connectivity index (χ0v) is 23.8. The lowest BCUT2D eigenvalue weighted by atomic mass is 9.99. The Labute approximate surface area is 245 Å². The number of carbonyl (C=O) groups excluding carboxylic acids is 3. The van der Waals surface area contributed by atoms with Crippen LogP contribution >= 0.6 is 0 Å². The van der Waals surface area contributed by atoms with Crippen molar-refractivity contribution in [1.82, 2.24) is 10.6 Å². The average Bonchev–Trinajstić information content (AvgIpc) is 3.13. The maximum absolute atomic E-state index is 14.4. The van der Waals surface area contributed by atoms with Gasteiger partial charge in [-0.2, -0.15) is 0 Å². The van der Waals surface area contributed by atoms with Gasteiger partial charge in [0.1, 0.15) is 17.8 Å². The second kappa shape index (κ2) is 12.2. The van der Waals surface area contributed by atoms with Crippen LogP contribution in [0.25, 0.3) is 10.8 Å². The fourth-order valence-electron chi connectivity index (χ4n) is 5.30. The summed E-state index contributed by atoms with van der Waals surface area (Å²) in [6.45, 7) is 2.17. The van der Waals surface area contributed by atoms with Crippen molar-refractivity contribution in [2.45, 2.75) is 25.6 Å². The van der Waals surface area contributed by atoms with Crippen LogP contribution in [-0.2, 0) is 16.1 Å². The number of carbonyl (C=O) groups is 3. The van der Waals surface area contributed by atoms with Crippen LogP contribution in [0, 0.1) is 19.3 Å². The van der Waals surface area contributed by atoms with Gasteiger partial charge < -0.3 is 19.9 Å². The molecule has 0 radical (unpaired) electrons. The largest absolute Gasteiger partial charge is 0.497 e. The first-order valence-corrected chi connectivity index (χ1v) is 13.6. The van der Waals surface area contributed by atoms with E-state index in [1.54, 1.807) is 48.2 Å². The quantitative estimate of drug-likeness (QED) is 0.333. The van der Waals surface area contributed by atoms with Crippen LogP contribution in [0.1, 0.15) is 21.5 Å². The highest BCUT2D eigenvalue weighted by Crippen LogP contribution is 2.36. The zero-order chi connectivity index (χ0) is 29.8. The number of fused-ring (bicyclic) bond motifs is 2. The molecule has 212 valence electrons. The maximum atomic E-state index is 14.4. The number of anilines is 2. The highest BCUT2D eigenvalue weighted by Gasteiger charge is 2.38. The molecule has 0 saturated carbocycles. The number of methoxy groups -OCH3 is 1. The Morgan fingerprint density at radius 1 is 1.00 bits per heavy atom. The first-order chi connectivity index (χ1) is 20.4. The smallest absolute Gasteiger partial charge is 0.258 e. The monoisotopic (exact) mass is 560 g/mol. The van der Waals surface area contributed by atoms with Gasteiger partial charge in [-0.15, -0.1) is 6.42 Å². The Balaban J connectivity index is 1.63. The van der Waals surface area contributed by atoms with Crippen molar-refractivity contribution in [3.63, 3.8) is 0 Å². The number of nitrogens with one attached hydrogen (secondary N) is 2. The molecule has 0 aromatic heterocycles. The summed E-state index contributed by atoms with van der Waals surface area (Å²) in [7, 11) is 3.13. The molecule has 3 amide bonds. The van der Waals surface area contributed by atoms with E-state index < -0.39 is 18.0 Å². The van der Waals surface area contributed by atoms with Crippen LogP contribution in [0.5, 0.6) is 5.75 Å². The zero-order valence-electron chi connectivity index (χ0n) is 23.8. The van der Waals surface area contributed by atoms with Crippen molar-refractivity contribution in [1.29, 1.82) is 0 Å². The molecule has 4 aromatic rings. The number of aryl methyl sites for hydroxylation is 1. The predicted molar refractivity (Wildman–Crippen MR) is 165 cm³/mol. The minimum Gasteiger partial charge on any atom is -0.497 e. The topological polar surface area (TPSA) is 91.0 Å². The fourth-order valence-corrected chi connectivity index (χ4v) is 5.30. The maximum Gasteiger partial charge on any atom is 0.258 e. The Morgan fingerprint density at radius 2 is 1.69 bits per heavy atom. The highest BCUT2D eigenvalue weighted by molar-refractivity contribution is 6.13. The van der Waals surface area contributed by atoms with E-state index >= 15 is 0 Å². The molecule has 2 N–H and O–H groups in total. The van der Waals surface area contributed by atoms with Gasteiger partial charge in [-0.05, 0) is 72.3 Å². The second-order valence-electron chi connectivity index (χ2n) is 10.1. The van der Waals surface area contributed by atoms with E-state index in [4.69, 9.17) is 11.2 Å². The van der Waals surface area contributed by atoms with Gasteiger partial charge in [-0.3, -0.25) is 19.7 Å². The van der Waals surface area contributed by atoms with E-state index in [1.807, 2.05) is 61.5 Å². The summed E-state index contributed by atoms with van der Waals surface area (Å²) in [4.78, 5) is 44.7. The third-order valence-electron chi connectivity index (χ3n) is 7.60. The molecule has 0 bridgehead atoms. The molecule has 0 saturated heterocycles. The van der Waals surface area contributed by atoms with Gasteiger partial charge in [-0.25, -0.2) is 0 Å². The van der Waals surface area contributed by atoms with Crippen molar-refractivity contribution in [3.8, 4) is 18.1 Å². The normalized spacial score (nSPS) is 15.4. The molecule has 4 aromatic carbocycles. The van der Waals surface area contributed by atoms with Gasteiger partial charge in [0.05, 0.1) is 31.6 Å². The van der Waals surface area contributed by atoms with E-state index in [-0.39, 0.29) is 24.9 Å². The lowest BCUT2D eigenvalue weighted by Crippen LogP contribution is -2.56. The van der Waals surface area contributed by atoms with Crippen LogP contribution in [0.3, 0.4) is 0 Å². The first kappa shape index (κ1) is 28.4. The van der Waals surface area contributed by atoms with Crippen LogP contribution in [-0.4, -0.2) is 50.5 Å². The van der Waals surface area contributed by atoms with Crippen molar-refractivity contribution in [3.05, 3.63) is 102 Å². The number of rotatable bonds is 7. The molecular formula is C34H32N4O4. The van der Waals surface area contributed by atoms with Crippen molar-refractivity contribution in [2.75, 3.05) is 30.5 Å². The van der Waals surface area contributed by atoms with Crippen molar-refractivity contribution >= 4 is 39.9 Å². The number of amides is 3. The van der Waals surface area contributed by atoms with Crippen LogP contribution in [0.15, 0.2) is 84.9 Å². The molecule has 8 nitrogen and oxygen atoms in total. The Kier molecular flexibility index (Phi) is 8.23. The van der Waals surface area contributed by atoms with E-state index in [2.05, 4.69) is 22.6 Å². The molecular weight excluding hydrogens is 528 g/mol. The number of hydrogen-bond donors (Lipinski definition) is 2. The molecule has 8 heteroatoms. The molecule has 1 aliphatic heterocycles. The molecule has 1 aliphatic rings. The third-order valence-corrected chi connectivity index (χ3v) is 7.60. The van der Waals surface area contributed by atoms with Gasteiger partial charge in [0.25, 0.3) is 11.8 Å². The van der Waals surface area contributed by atoms with E-state index in [1.165, 1.54) is 0 Å². The van der Waals surface area contributed by atoms with E-state index in [0.717, 1.165) is 21.9 Å². The van der Waals surface area contributed by atoms with Crippen molar-refractivity contribution < 1.29 is 19.1 Å². The number of hydrogen-bond acceptors (Lipinski definition) is 5. The summed E-state index contributed by atoms with van der Waals surface area (Å²) in [6.07, 6.45) is 5.55. The lowest BCUT2D eigenvalue weighted by molar-refractivity contribution is -0.127. The number of likely N-dealkylation sites (N-methyl/N-ethyl adjacent to an activating group) is 1. The molecule has 0 unspecified atom stereocenters. The Morgan fingerprint density at radius 3 is 2.38 bits per heavy atom. The third kappa shape index (κ3) is 5.42. The average molecular weight is 561 g/mol. The summed E-state index contributed by atoms with van der Waals surface area (Å²) in [5.74, 6) is 1.83. The van der Waals surface area contributed by atoms with Gasteiger partial charge >= 0.3 is 0 Å². The second-order valence-corrected chi connectivity index (χ2v) is 10.1. The number of nitrogens with zero attached hydrogens (tertiary/aromatic N) is 2. The number of ether oxygens (including phenoxy) is 1. The summed E-state index contributed by atoms with van der Waals surface area (Å²) in [5, 5.41) is 7.68. The molecule has 0 fully saturated rings. The minimum atomic E-state index is -1.06. The number of para-hydroxylation sites is 2. The van der Waals surface area contributed by atoms with Crippen LogP contribution in [0.2, 0.25) is 0 Å². The van der Waals surface area contributed by atoms with Crippen LogP contribution in [0.4, 0.5) is 11.4 Å². The van der Waals surface area contributed by atoms with E-state index in [0.29, 0.717) is 22.7 Å². The lowest BCUT2D eigenvalue weighted by Gasteiger charge is -2.27. The van der Waals surface area contributed by atoms with Gasteiger partial charge in [0.15, 0.2) is 0 Å². The molecule has 5 rings (SSSR count). The summed E-state index contributed by atoms with van der Waals surface area (Å²) in [5.41, 5.74) is 3.54. The van der Waals surface area contributed by atoms with Crippen molar-refractivity contribution in [2.24, 2.45) is 0 Å². The summed E-state index contributed by atoms with van der Waals surface area (Å²) in [6, 6.07) is 24.2. The first-order valence-electron chi connectivity index (χ1n) is 13.6. The standard InChI is InChI=1S/C34H32N4O4/c1-5-28(35-3)32(39)36-29-21-38(33(40)24-16-18-25(42-4)19-17-24)31-13-9-8-12-30(31)37(34(29)41)20-27-22(2)14-15-23-10-6-7-11-26(23)27/h1,6-19,28-29,35H,20-21H2,2-4H3,(H,36,39)/t28-,29-/m0/s1. The summed E-state index contributed by atoms with van der Waals surface area (Å²) < 4.78 is 5.25. The number of terminal acetylenes is 1. The SMILES string of the molecule is C#C[C@H](NC)C(=O)N[C@H]1CN(C(=O)c2ccc(OC)cc2)c2ccccc2N(Cc2c(C)ccc3ccccc23)C1=O. The van der Waals surface area contributed by atoms with Gasteiger partial charge in [0.2, 0.25) is 5.91 Å². The van der Waals surface area contributed by atoms with Gasteiger partial charge in [0, 0.05) is 5.56 Å². The fraction of sp³-hybridized carbons (Fsp3) is 0.206. The highest BCUT2D eigenvalue weighted by atomic mass is 16.5. The molecule has 2 atom stereocenters. The molecule has 42 heavy (non-hydrogen) atoms. The minimum absolute atomic E-state index is 0.0848. The Bertz CT molecular complexity index is 1690.